The van der Waals surface area contributed by atoms with Gasteiger partial charge >= 0.3 is 0 Å². The minimum atomic E-state index is -3.54. The van der Waals surface area contributed by atoms with Crippen LogP contribution < -0.4 is 10.1 Å². The fourth-order valence-corrected chi connectivity index (χ4v) is 2.66. The number of rotatable bonds is 5. The Kier molecular flexibility index (Phi) is 5.40. The summed E-state index contributed by atoms with van der Waals surface area (Å²) in [7, 11) is -3.54. The molecule has 0 saturated heterocycles. The van der Waals surface area contributed by atoms with Crippen molar-refractivity contribution in [2.75, 3.05) is 18.2 Å². The van der Waals surface area contributed by atoms with Crippen molar-refractivity contribution in [1.82, 2.24) is 4.98 Å². The SMILES string of the molecule is CCOc1ccc(Cl)c(C(=O)Nc2cc(S(C)(=O)=O)ccc2F)n1. The average molecular weight is 373 g/mol. The summed E-state index contributed by atoms with van der Waals surface area (Å²) in [5.74, 6) is -1.38. The molecule has 0 fully saturated rings. The summed E-state index contributed by atoms with van der Waals surface area (Å²) in [5, 5.41) is 2.32. The molecular weight excluding hydrogens is 359 g/mol. The van der Waals surface area contributed by atoms with Crippen molar-refractivity contribution in [3.63, 3.8) is 0 Å². The molecule has 24 heavy (non-hydrogen) atoms. The first kappa shape index (κ1) is 18.2. The van der Waals surface area contributed by atoms with E-state index in [9.17, 15) is 17.6 Å². The maximum absolute atomic E-state index is 13.8. The number of anilines is 1. The van der Waals surface area contributed by atoms with Crippen LogP contribution in [0.5, 0.6) is 5.88 Å². The predicted molar refractivity (Wildman–Crippen MR) is 87.9 cm³/mol. The molecule has 0 saturated carbocycles. The third-order valence-electron chi connectivity index (χ3n) is 2.94. The van der Waals surface area contributed by atoms with E-state index in [1.165, 1.54) is 12.1 Å². The summed E-state index contributed by atoms with van der Waals surface area (Å²) in [6, 6.07) is 6.02. The number of carbonyl (C=O) groups is 1. The Balaban J connectivity index is 2.35. The third kappa shape index (κ3) is 4.21. The lowest BCUT2D eigenvalue weighted by Crippen LogP contribution is -2.16. The van der Waals surface area contributed by atoms with Crippen molar-refractivity contribution in [1.29, 1.82) is 0 Å². The van der Waals surface area contributed by atoms with Crippen LogP contribution in [0.4, 0.5) is 10.1 Å². The van der Waals surface area contributed by atoms with Gasteiger partial charge in [-0.2, -0.15) is 0 Å². The highest BCUT2D eigenvalue weighted by molar-refractivity contribution is 7.90. The third-order valence-corrected chi connectivity index (χ3v) is 4.36. The van der Waals surface area contributed by atoms with Crippen molar-refractivity contribution in [3.8, 4) is 5.88 Å². The second-order valence-electron chi connectivity index (χ2n) is 4.78. The van der Waals surface area contributed by atoms with E-state index in [4.69, 9.17) is 16.3 Å². The summed E-state index contributed by atoms with van der Waals surface area (Å²) in [6.07, 6.45) is 0.982. The van der Waals surface area contributed by atoms with Gasteiger partial charge in [0.25, 0.3) is 5.91 Å². The van der Waals surface area contributed by atoms with Crippen LogP contribution in [0.1, 0.15) is 17.4 Å². The second-order valence-corrected chi connectivity index (χ2v) is 7.20. The molecule has 1 heterocycles. The molecule has 1 aromatic carbocycles. The molecule has 0 aliphatic heterocycles. The number of halogens is 2. The van der Waals surface area contributed by atoms with Crippen LogP contribution in [0.3, 0.4) is 0 Å². The van der Waals surface area contributed by atoms with Crippen molar-refractivity contribution in [3.05, 3.63) is 46.9 Å². The van der Waals surface area contributed by atoms with Crippen molar-refractivity contribution < 1.29 is 22.3 Å². The van der Waals surface area contributed by atoms with Gasteiger partial charge in [-0.05, 0) is 31.2 Å². The average Bonchev–Trinajstić information content (AvgIpc) is 2.50. The van der Waals surface area contributed by atoms with Crippen LogP contribution >= 0.6 is 11.6 Å². The molecule has 0 unspecified atom stereocenters. The molecule has 128 valence electrons. The van der Waals surface area contributed by atoms with Gasteiger partial charge in [0.15, 0.2) is 15.5 Å². The Morgan fingerprint density at radius 3 is 2.67 bits per heavy atom. The summed E-state index contributed by atoms with van der Waals surface area (Å²) in [4.78, 5) is 16.1. The topological polar surface area (TPSA) is 85.4 Å². The number of nitrogens with one attached hydrogen (secondary N) is 1. The Hall–Kier alpha value is -2.19. The first-order chi connectivity index (χ1) is 11.2. The van der Waals surface area contributed by atoms with E-state index in [0.717, 1.165) is 24.5 Å². The number of pyridine rings is 1. The normalized spacial score (nSPS) is 11.2. The van der Waals surface area contributed by atoms with E-state index in [1.807, 2.05) is 0 Å². The molecule has 1 aromatic heterocycles. The second kappa shape index (κ2) is 7.14. The van der Waals surface area contributed by atoms with E-state index in [0.29, 0.717) is 6.61 Å². The Morgan fingerprint density at radius 2 is 2.04 bits per heavy atom. The van der Waals surface area contributed by atoms with Gasteiger partial charge in [0, 0.05) is 12.3 Å². The minimum absolute atomic E-state index is 0.0515. The van der Waals surface area contributed by atoms with Gasteiger partial charge < -0.3 is 10.1 Å². The molecule has 0 spiro atoms. The van der Waals surface area contributed by atoms with Crippen LogP contribution in [-0.2, 0) is 9.84 Å². The molecule has 0 radical (unpaired) electrons. The molecule has 9 heteroatoms. The summed E-state index contributed by atoms with van der Waals surface area (Å²) in [5.41, 5.74) is -0.450. The number of amides is 1. The molecule has 0 bridgehead atoms. The summed E-state index contributed by atoms with van der Waals surface area (Å²) >= 11 is 5.93. The van der Waals surface area contributed by atoms with E-state index >= 15 is 0 Å². The molecule has 2 aromatic rings. The van der Waals surface area contributed by atoms with E-state index in [2.05, 4.69) is 10.3 Å². The highest BCUT2D eigenvalue weighted by Crippen LogP contribution is 2.23. The largest absolute Gasteiger partial charge is 0.478 e. The van der Waals surface area contributed by atoms with E-state index in [1.54, 1.807) is 6.92 Å². The van der Waals surface area contributed by atoms with Gasteiger partial charge in [-0.3, -0.25) is 4.79 Å². The van der Waals surface area contributed by atoms with Crippen LogP contribution in [0, 0.1) is 5.82 Å². The van der Waals surface area contributed by atoms with Gasteiger partial charge in [-0.15, -0.1) is 0 Å². The fraction of sp³-hybridized carbons (Fsp3) is 0.200. The highest BCUT2D eigenvalue weighted by atomic mass is 35.5. The molecule has 0 aliphatic rings. The van der Waals surface area contributed by atoms with Crippen LogP contribution in [0.15, 0.2) is 35.2 Å². The lowest BCUT2D eigenvalue weighted by Gasteiger charge is -2.10. The van der Waals surface area contributed by atoms with Gasteiger partial charge in [0.2, 0.25) is 5.88 Å². The molecule has 0 atom stereocenters. The summed E-state index contributed by atoms with van der Waals surface area (Å²) < 4.78 is 42.1. The lowest BCUT2D eigenvalue weighted by atomic mass is 10.2. The van der Waals surface area contributed by atoms with E-state index in [-0.39, 0.29) is 27.2 Å². The molecular formula is C15H14ClFN2O4S. The maximum Gasteiger partial charge on any atom is 0.276 e. The van der Waals surface area contributed by atoms with E-state index < -0.39 is 21.6 Å². The lowest BCUT2D eigenvalue weighted by molar-refractivity contribution is 0.102. The highest BCUT2D eigenvalue weighted by Gasteiger charge is 2.17. The number of aromatic nitrogens is 1. The molecule has 1 amide bonds. The standard InChI is InChI=1S/C15H14ClFN2O4S/c1-3-23-13-7-5-10(16)14(19-13)15(20)18-12-8-9(24(2,21)22)4-6-11(12)17/h4-8H,3H2,1-2H3,(H,18,20). The van der Waals surface area contributed by atoms with Crippen LogP contribution in [-0.4, -0.2) is 32.2 Å². The number of ether oxygens (including phenoxy) is 1. The molecule has 6 nitrogen and oxygen atoms in total. The van der Waals surface area contributed by atoms with Gasteiger partial charge in [-0.1, -0.05) is 11.6 Å². The zero-order chi connectivity index (χ0) is 17.9. The number of hydrogen-bond donors (Lipinski definition) is 1. The van der Waals surface area contributed by atoms with Crippen molar-refractivity contribution >= 4 is 33.0 Å². The summed E-state index contributed by atoms with van der Waals surface area (Å²) in [6.45, 7) is 2.10. The number of carbonyl (C=O) groups excluding carboxylic acids is 1. The monoisotopic (exact) mass is 372 g/mol. The van der Waals surface area contributed by atoms with Crippen molar-refractivity contribution in [2.45, 2.75) is 11.8 Å². The Morgan fingerprint density at radius 1 is 1.33 bits per heavy atom. The minimum Gasteiger partial charge on any atom is -0.478 e. The van der Waals surface area contributed by atoms with Gasteiger partial charge in [0.05, 0.1) is 22.2 Å². The van der Waals surface area contributed by atoms with Crippen LogP contribution in [0.25, 0.3) is 0 Å². The number of sulfone groups is 1. The molecule has 1 N–H and O–H groups in total. The number of benzene rings is 1. The smallest absolute Gasteiger partial charge is 0.276 e. The number of hydrogen-bond acceptors (Lipinski definition) is 5. The number of nitrogens with zero attached hydrogens (tertiary/aromatic N) is 1. The zero-order valence-electron chi connectivity index (χ0n) is 12.8. The Bertz CT molecular complexity index is 887. The van der Waals surface area contributed by atoms with Crippen LogP contribution in [0.2, 0.25) is 5.02 Å². The predicted octanol–water partition coefficient (Wildman–Crippen LogP) is 2.93. The van der Waals surface area contributed by atoms with Gasteiger partial charge in [-0.25, -0.2) is 17.8 Å². The fourth-order valence-electron chi connectivity index (χ4n) is 1.82. The maximum atomic E-state index is 13.8. The Labute approximate surface area is 143 Å². The van der Waals surface area contributed by atoms with Crippen molar-refractivity contribution in [2.24, 2.45) is 0 Å². The molecule has 0 aliphatic carbocycles. The first-order valence-electron chi connectivity index (χ1n) is 6.82. The van der Waals surface area contributed by atoms with Gasteiger partial charge in [0.1, 0.15) is 5.82 Å². The first-order valence-corrected chi connectivity index (χ1v) is 9.09. The quantitative estimate of drug-likeness (QED) is 0.815. The zero-order valence-corrected chi connectivity index (χ0v) is 14.4. The molecule has 2 rings (SSSR count).